The zero-order valence-electron chi connectivity index (χ0n) is 13.3. The Morgan fingerprint density at radius 3 is 2.77 bits per heavy atom. The number of fused-ring (bicyclic) bond motifs is 1. The fourth-order valence-corrected chi connectivity index (χ4v) is 3.67. The minimum Gasteiger partial charge on any atom is -0.378 e. The number of ether oxygens (including phenoxy) is 1. The average molecular weight is 329 g/mol. The van der Waals surface area contributed by atoms with E-state index in [0.29, 0.717) is 30.8 Å². The molecule has 0 amide bonds. The Hall–Kier alpha value is -1.25. The highest BCUT2D eigenvalue weighted by molar-refractivity contribution is 7.89. The normalized spacial score (nSPS) is 16.0. The van der Waals surface area contributed by atoms with Gasteiger partial charge in [0.1, 0.15) is 0 Å². The van der Waals surface area contributed by atoms with Crippen LogP contribution in [-0.2, 0) is 34.3 Å². The van der Waals surface area contributed by atoms with Crippen LogP contribution in [0, 0.1) is 0 Å². The van der Waals surface area contributed by atoms with Gasteiger partial charge in [-0.05, 0) is 27.2 Å². The molecule has 0 saturated heterocycles. The first-order chi connectivity index (χ1) is 10.3. The van der Waals surface area contributed by atoms with E-state index in [2.05, 4.69) is 4.98 Å². The van der Waals surface area contributed by atoms with Crippen LogP contribution in [0.5, 0.6) is 0 Å². The standard InChI is InChI=1S/C14H23N3O4S/c1-4-16-10-15-13-9-17(6-5-12(13)14(16)18)22(19,20)8-7-21-11(2)3/h10-11H,4-9H2,1-3H3. The van der Waals surface area contributed by atoms with Gasteiger partial charge in [-0.3, -0.25) is 9.36 Å². The lowest BCUT2D eigenvalue weighted by Gasteiger charge is -2.27. The Bertz CT molecular complexity index is 682. The Morgan fingerprint density at radius 2 is 2.14 bits per heavy atom. The van der Waals surface area contributed by atoms with Gasteiger partial charge in [0.05, 0.1) is 37.0 Å². The maximum atomic E-state index is 12.3. The monoisotopic (exact) mass is 329 g/mol. The van der Waals surface area contributed by atoms with Gasteiger partial charge in [0.15, 0.2) is 0 Å². The van der Waals surface area contributed by atoms with Crippen LogP contribution in [0.2, 0.25) is 0 Å². The summed E-state index contributed by atoms with van der Waals surface area (Å²) < 4.78 is 32.9. The van der Waals surface area contributed by atoms with Gasteiger partial charge in [0.25, 0.3) is 5.56 Å². The molecule has 124 valence electrons. The molecule has 1 aliphatic rings. The Kier molecular flexibility index (Phi) is 5.36. The second-order valence-electron chi connectivity index (χ2n) is 5.58. The molecule has 2 heterocycles. The highest BCUT2D eigenvalue weighted by Crippen LogP contribution is 2.17. The second-order valence-corrected chi connectivity index (χ2v) is 7.67. The van der Waals surface area contributed by atoms with Gasteiger partial charge >= 0.3 is 0 Å². The maximum absolute atomic E-state index is 12.3. The molecule has 8 heteroatoms. The molecular formula is C14H23N3O4S. The number of aryl methyl sites for hydroxylation is 1. The lowest BCUT2D eigenvalue weighted by atomic mass is 10.1. The van der Waals surface area contributed by atoms with Crippen molar-refractivity contribution >= 4 is 10.0 Å². The van der Waals surface area contributed by atoms with E-state index in [4.69, 9.17) is 4.74 Å². The second kappa shape index (κ2) is 6.89. The van der Waals surface area contributed by atoms with Crippen molar-refractivity contribution in [3.05, 3.63) is 27.9 Å². The lowest BCUT2D eigenvalue weighted by molar-refractivity contribution is 0.0906. The summed E-state index contributed by atoms with van der Waals surface area (Å²) in [4.78, 5) is 16.4. The fraction of sp³-hybridized carbons (Fsp3) is 0.714. The number of hydrogen-bond donors (Lipinski definition) is 0. The number of aromatic nitrogens is 2. The van der Waals surface area contributed by atoms with Crippen molar-refractivity contribution in [2.45, 2.75) is 46.4 Å². The molecule has 1 aromatic rings. The zero-order chi connectivity index (χ0) is 16.3. The third-order valence-electron chi connectivity index (χ3n) is 3.68. The summed E-state index contributed by atoms with van der Waals surface area (Å²) in [6.07, 6.45) is 1.90. The molecule has 22 heavy (non-hydrogen) atoms. The van der Waals surface area contributed by atoms with Crippen molar-refractivity contribution < 1.29 is 13.2 Å². The van der Waals surface area contributed by atoms with E-state index in [0.717, 1.165) is 0 Å². The third kappa shape index (κ3) is 3.74. The summed E-state index contributed by atoms with van der Waals surface area (Å²) >= 11 is 0. The molecule has 0 bridgehead atoms. The highest BCUT2D eigenvalue weighted by Gasteiger charge is 2.29. The molecule has 0 spiro atoms. The first kappa shape index (κ1) is 17.1. The molecule has 0 N–H and O–H groups in total. The van der Waals surface area contributed by atoms with Gasteiger partial charge in [-0.15, -0.1) is 0 Å². The van der Waals surface area contributed by atoms with Crippen molar-refractivity contribution in [3.63, 3.8) is 0 Å². The highest BCUT2D eigenvalue weighted by atomic mass is 32.2. The molecule has 0 fully saturated rings. The van der Waals surface area contributed by atoms with Gasteiger partial charge < -0.3 is 4.74 Å². The largest absolute Gasteiger partial charge is 0.378 e. The SMILES string of the molecule is CCn1cnc2c(c1=O)CCN(S(=O)(=O)CCOC(C)C)C2. The first-order valence-electron chi connectivity index (χ1n) is 7.51. The zero-order valence-corrected chi connectivity index (χ0v) is 14.1. The van der Waals surface area contributed by atoms with Crippen molar-refractivity contribution in [1.82, 2.24) is 13.9 Å². The molecule has 0 atom stereocenters. The van der Waals surface area contributed by atoms with Crippen LogP contribution < -0.4 is 5.56 Å². The maximum Gasteiger partial charge on any atom is 0.256 e. The van der Waals surface area contributed by atoms with E-state index in [1.807, 2.05) is 20.8 Å². The molecule has 0 radical (unpaired) electrons. The van der Waals surface area contributed by atoms with E-state index in [9.17, 15) is 13.2 Å². The van der Waals surface area contributed by atoms with E-state index in [1.54, 1.807) is 4.57 Å². The van der Waals surface area contributed by atoms with Crippen LogP contribution in [0.3, 0.4) is 0 Å². The van der Waals surface area contributed by atoms with Crippen LogP contribution in [0.15, 0.2) is 11.1 Å². The van der Waals surface area contributed by atoms with Gasteiger partial charge in [0, 0.05) is 18.7 Å². The summed E-state index contributed by atoms with van der Waals surface area (Å²) in [6, 6.07) is 0. The predicted molar refractivity (Wildman–Crippen MR) is 83.2 cm³/mol. The number of nitrogens with zero attached hydrogens (tertiary/aromatic N) is 3. The molecule has 7 nitrogen and oxygen atoms in total. The van der Waals surface area contributed by atoms with Gasteiger partial charge in [-0.1, -0.05) is 0 Å². The quantitative estimate of drug-likeness (QED) is 0.753. The molecule has 2 rings (SSSR count). The van der Waals surface area contributed by atoms with Crippen LogP contribution >= 0.6 is 0 Å². The van der Waals surface area contributed by atoms with Crippen molar-refractivity contribution in [2.24, 2.45) is 0 Å². The molecule has 1 aliphatic heterocycles. The Labute approximate surface area is 131 Å². The average Bonchev–Trinajstić information content (AvgIpc) is 2.46. The van der Waals surface area contributed by atoms with E-state index in [-0.39, 0.29) is 30.6 Å². The summed E-state index contributed by atoms with van der Waals surface area (Å²) in [5.74, 6) is -0.0491. The summed E-state index contributed by atoms with van der Waals surface area (Å²) in [6.45, 7) is 6.84. The Balaban J connectivity index is 2.12. The van der Waals surface area contributed by atoms with Crippen molar-refractivity contribution in [2.75, 3.05) is 18.9 Å². The minimum atomic E-state index is -3.39. The Morgan fingerprint density at radius 1 is 1.41 bits per heavy atom. The molecule has 1 aromatic heterocycles. The lowest BCUT2D eigenvalue weighted by Crippen LogP contribution is -2.41. The smallest absolute Gasteiger partial charge is 0.256 e. The minimum absolute atomic E-state index is 0.00598. The van der Waals surface area contributed by atoms with Crippen LogP contribution in [0.25, 0.3) is 0 Å². The number of sulfonamides is 1. The molecule has 0 aromatic carbocycles. The van der Waals surface area contributed by atoms with E-state index < -0.39 is 10.0 Å². The predicted octanol–water partition coefficient (Wildman–Crippen LogP) is 0.376. The molecule has 0 aliphatic carbocycles. The van der Waals surface area contributed by atoms with Gasteiger partial charge in [0.2, 0.25) is 10.0 Å². The summed E-state index contributed by atoms with van der Waals surface area (Å²) in [5, 5.41) is 0. The number of hydrogen-bond acceptors (Lipinski definition) is 5. The van der Waals surface area contributed by atoms with Crippen molar-refractivity contribution in [1.29, 1.82) is 0 Å². The topological polar surface area (TPSA) is 81.5 Å². The van der Waals surface area contributed by atoms with Crippen LogP contribution in [0.4, 0.5) is 0 Å². The molecule has 0 saturated carbocycles. The van der Waals surface area contributed by atoms with Gasteiger partial charge in [-0.25, -0.2) is 13.4 Å². The summed E-state index contributed by atoms with van der Waals surface area (Å²) in [5.41, 5.74) is 1.14. The summed E-state index contributed by atoms with van der Waals surface area (Å²) in [7, 11) is -3.39. The van der Waals surface area contributed by atoms with Crippen LogP contribution in [-0.4, -0.2) is 47.3 Å². The van der Waals surface area contributed by atoms with Crippen LogP contribution in [0.1, 0.15) is 32.0 Å². The molecule has 0 unspecified atom stereocenters. The number of rotatable bonds is 6. The molecular weight excluding hydrogens is 306 g/mol. The third-order valence-corrected chi connectivity index (χ3v) is 5.47. The van der Waals surface area contributed by atoms with Gasteiger partial charge in [-0.2, -0.15) is 4.31 Å². The fourth-order valence-electron chi connectivity index (χ4n) is 2.42. The first-order valence-corrected chi connectivity index (χ1v) is 9.12. The van der Waals surface area contributed by atoms with Crippen molar-refractivity contribution in [3.8, 4) is 0 Å². The van der Waals surface area contributed by atoms with E-state index >= 15 is 0 Å². The van der Waals surface area contributed by atoms with E-state index in [1.165, 1.54) is 10.6 Å².